The molecule has 0 unspecified atom stereocenters. The highest BCUT2D eigenvalue weighted by atomic mass is 15.1. The van der Waals surface area contributed by atoms with E-state index < -0.39 is 0 Å². The van der Waals surface area contributed by atoms with E-state index in [0.29, 0.717) is 0 Å². The third-order valence-electron chi connectivity index (χ3n) is 9.58. The zero-order chi connectivity index (χ0) is 33.3. The van der Waals surface area contributed by atoms with E-state index in [1.54, 1.807) is 0 Å². The highest BCUT2D eigenvalue weighted by Gasteiger charge is 2.23. The van der Waals surface area contributed by atoms with Gasteiger partial charge in [-0.05, 0) is 88.0 Å². The monoisotopic (exact) mass is 638 g/mol. The van der Waals surface area contributed by atoms with Gasteiger partial charge in [0.05, 0.1) is 16.7 Å². The van der Waals surface area contributed by atoms with Crippen molar-refractivity contribution in [2.45, 2.75) is 0 Å². The zero-order valence-corrected chi connectivity index (χ0v) is 27.5. The van der Waals surface area contributed by atoms with Crippen LogP contribution in [0.2, 0.25) is 0 Å². The van der Waals surface area contributed by atoms with Crippen LogP contribution in [0.5, 0.6) is 0 Å². The Hall–Kier alpha value is -6.64. The minimum absolute atomic E-state index is 1.10. The number of hydrogen-bond acceptors (Lipinski definition) is 1. The van der Waals surface area contributed by atoms with Crippen molar-refractivity contribution in [3.63, 3.8) is 0 Å². The lowest BCUT2D eigenvalue weighted by atomic mass is 9.98. The average Bonchev–Trinajstić information content (AvgIpc) is 3.55. The van der Waals surface area contributed by atoms with Crippen LogP contribution in [0.15, 0.2) is 206 Å². The summed E-state index contributed by atoms with van der Waals surface area (Å²) >= 11 is 0. The minimum Gasteiger partial charge on any atom is -0.310 e. The van der Waals surface area contributed by atoms with Gasteiger partial charge in [0.2, 0.25) is 0 Å². The third kappa shape index (κ3) is 5.24. The van der Waals surface area contributed by atoms with Gasteiger partial charge in [0.25, 0.3) is 0 Å². The van der Waals surface area contributed by atoms with E-state index >= 15 is 0 Å². The molecule has 1 aromatic heterocycles. The summed E-state index contributed by atoms with van der Waals surface area (Å²) in [6.07, 6.45) is 0. The molecule has 0 spiro atoms. The zero-order valence-electron chi connectivity index (χ0n) is 27.5. The summed E-state index contributed by atoms with van der Waals surface area (Å²) in [6, 6.07) is 74.1. The van der Waals surface area contributed by atoms with Gasteiger partial charge in [-0.3, -0.25) is 0 Å². The molecule has 9 aromatic rings. The number of benzene rings is 8. The second-order valence-corrected chi connectivity index (χ2v) is 12.6. The molecule has 0 fully saturated rings. The Bertz CT molecular complexity index is 2550. The van der Waals surface area contributed by atoms with Gasteiger partial charge in [-0.2, -0.15) is 0 Å². The van der Waals surface area contributed by atoms with Crippen LogP contribution in [0.1, 0.15) is 0 Å². The molecular weight excluding hydrogens is 605 g/mol. The Labute approximate surface area is 292 Å². The van der Waals surface area contributed by atoms with Gasteiger partial charge in [-0.15, -0.1) is 0 Å². The molecule has 9 rings (SSSR count). The summed E-state index contributed by atoms with van der Waals surface area (Å²) in [7, 11) is 0. The lowest BCUT2D eigenvalue weighted by molar-refractivity contribution is 1.18. The molecule has 236 valence electrons. The summed E-state index contributed by atoms with van der Waals surface area (Å²) in [5.74, 6) is 0. The van der Waals surface area contributed by atoms with Crippen LogP contribution in [-0.4, -0.2) is 4.57 Å². The molecule has 2 nitrogen and oxygen atoms in total. The van der Waals surface area contributed by atoms with Crippen LogP contribution in [0, 0.1) is 0 Å². The van der Waals surface area contributed by atoms with Gasteiger partial charge in [-0.25, -0.2) is 0 Å². The first-order valence-electron chi connectivity index (χ1n) is 17.1. The Morgan fingerprint density at radius 2 is 0.820 bits per heavy atom. The second-order valence-electron chi connectivity index (χ2n) is 12.6. The molecule has 2 heteroatoms. The number of nitrogens with zero attached hydrogens (tertiary/aromatic N) is 2. The fourth-order valence-corrected chi connectivity index (χ4v) is 7.31. The van der Waals surface area contributed by atoms with Crippen molar-refractivity contribution < 1.29 is 0 Å². The van der Waals surface area contributed by atoms with Crippen molar-refractivity contribution in [1.29, 1.82) is 0 Å². The van der Waals surface area contributed by atoms with Crippen molar-refractivity contribution in [2.24, 2.45) is 0 Å². The fourth-order valence-electron chi connectivity index (χ4n) is 7.31. The highest BCUT2D eigenvalue weighted by Crippen LogP contribution is 2.47. The molecule has 0 atom stereocenters. The molecule has 0 saturated carbocycles. The quantitative estimate of drug-likeness (QED) is 0.169. The smallest absolute Gasteiger partial charge is 0.0562 e. The number of aromatic nitrogens is 1. The summed E-state index contributed by atoms with van der Waals surface area (Å²) in [5, 5.41) is 2.45. The van der Waals surface area contributed by atoms with Crippen LogP contribution in [0.4, 0.5) is 17.1 Å². The maximum Gasteiger partial charge on any atom is 0.0562 e. The number of fused-ring (bicyclic) bond motifs is 3. The molecular formula is C48H34N2. The van der Waals surface area contributed by atoms with Gasteiger partial charge in [0, 0.05) is 27.8 Å². The molecule has 0 aliphatic heterocycles. The van der Waals surface area contributed by atoms with Crippen LogP contribution in [0.25, 0.3) is 60.9 Å². The van der Waals surface area contributed by atoms with Gasteiger partial charge < -0.3 is 9.47 Å². The van der Waals surface area contributed by atoms with Crippen molar-refractivity contribution in [3.05, 3.63) is 206 Å². The van der Waals surface area contributed by atoms with E-state index in [9.17, 15) is 0 Å². The van der Waals surface area contributed by atoms with E-state index in [-0.39, 0.29) is 0 Å². The number of rotatable bonds is 7. The predicted molar refractivity (Wildman–Crippen MR) is 212 cm³/mol. The summed E-state index contributed by atoms with van der Waals surface area (Å²) < 4.78 is 2.41. The van der Waals surface area contributed by atoms with E-state index in [1.807, 2.05) is 0 Å². The lowest BCUT2D eigenvalue weighted by Crippen LogP contribution is -2.10. The first-order chi connectivity index (χ1) is 24.8. The maximum absolute atomic E-state index is 2.43. The Balaban J connectivity index is 1.35. The topological polar surface area (TPSA) is 8.17 Å². The Morgan fingerprint density at radius 3 is 1.48 bits per heavy atom. The second kappa shape index (κ2) is 12.8. The molecule has 0 saturated heterocycles. The SMILES string of the molecule is c1ccc(-c2ccc(N(c3cccc(-c4ccccc4)c3)c3cccc4c3c3c(-c5ccccc5)cccc3n4-c3ccccc3)cc2)cc1. The van der Waals surface area contributed by atoms with E-state index in [1.165, 1.54) is 49.7 Å². The molecule has 0 aliphatic carbocycles. The lowest BCUT2D eigenvalue weighted by Gasteiger charge is -2.27. The van der Waals surface area contributed by atoms with Gasteiger partial charge in [-0.1, -0.05) is 152 Å². The van der Waals surface area contributed by atoms with Crippen molar-refractivity contribution >= 4 is 38.9 Å². The molecule has 0 aliphatic rings. The van der Waals surface area contributed by atoms with Gasteiger partial charge in [0.15, 0.2) is 0 Å². The van der Waals surface area contributed by atoms with Crippen LogP contribution in [-0.2, 0) is 0 Å². The normalized spacial score (nSPS) is 11.2. The van der Waals surface area contributed by atoms with Gasteiger partial charge in [0.1, 0.15) is 0 Å². The maximum atomic E-state index is 2.43. The summed E-state index contributed by atoms with van der Waals surface area (Å²) in [5.41, 5.74) is 14.0. The molecule has 50 heavy (non-hydrogen) atoms. The van der Waals surface area contributed by atoms with Crippen molar-refractivity contribution in [2.75, 3.05) is 4.90 Å². The molecule has 0 radical (unpaired) electrons. The number of hydrogen-bond donors (Lipinski definition) is 0. The van der Waals surface area contributed by atoms with Gasteiger partial charge >= 0.3 is 0 Å². The van der Waals surface area contributed by atoms with Crippen molar-refractivity contribution in [3.8, 4) is 39.1 Å². The Morgan fingerprint density at radius 1 is 0.320 bits per heavy atom. The largest absolute Gasteiger partial charge is 0.310 e. The molecule has 0 N–H and O–H groups in total. The van der Waals surface area contributed by atoms with Crippen molar-refractivity contribution in [1.82, 2.24) is 4.57 Å². The summed E-state index contributed by atoms with van der Waals surface area (Å²) in [6.45, 7) is 0. The molecule has 8 aromatic carbocycles. The fraction of sp³-hybridized carbons (Fsp3) is 0. The number of para-hydroxylation sites is 1. The minimum atomic E-state index is 1.10. The molecule has 1 heterocycles. The average molecular weight is 639 g/mol. The van der Waals surface area contributed by atoms with Crippen LogP contribution < -0.4 is 4.90 Å². The predicted octanol–water partition coefficient (Wildman–Crippen LogP) is 13.3. The highest BCUT2D eigenvalue weighted by molar-refractivity contribution is 6.21. The number of anilines is 3. The van der Waals surface area contributed by atoms with E-state index in [2.05, 4.69) is 216 Å². The first-order valence-corrected chi connectivity index (χ1v) is 17.1. The first kappa shape index (κ1) is 29.5. The standard InChI is InChI=1S/C48H34N2/c1-5-16-35(17-6-1)37-30-32-41(33-31-37)49(42-25-13-22-39(34-42)36-18-7-2-8-19-36)45-28-15-29-46-48(45)47-43(38-20-9-3-10-21-38)26-14-27-44(47)50(46)40-23-11-4-12-24-40/h1-34H. The summed E-state index contributed by atoms with van der Waals surface area (Å²) in [4.78, 5) is 2.43. The van der Waals surface area contributed by atoms with Crippen LogP contribution in [0.3, 0.4) is 0 Å². The van der Waals surface area contributed by atoms with Crippen LogP contribution >= 0.6 is 0 Å². The van der Waals surface area contributed by atoms with E-state index in [4.69, 9.17) is 0 Å². The molecule has 0 bridgehead atoms. The third-order valence-corrected chi connectivity index (χ3v) is 9.58. The molecule has 0 amide bonds. The van der Waals surface area contributed by atoms with E-state index in [0.717, 1.165) is 28.3 Å². The Kier molecular flexibility index (Phi) is 7.53.